The Labute approximate surface area is 107 Å². The highest BCUT2D eigenvalue weighted by molar-refractivity contribution is 7.12. The molecule has 1 aromatic carbocycles. The molecule has 0 aliphatic rings. The number of non-ortho nitro benzene ring substituents is 1. The summed E-state index contributed by atoms with van der Waals surface area (Å²) in [7, 11) is 0. The third kappa shape index (κ3) is 2.89. The van der Waals surface area contributed by atoms with E-state index in [-0.39, 0.29) is 11.5 Å². The average molecular weight is 259 g/mol. The van der Waals surface area contributed by atoms with Crippen LogP contribution in [-0.4, -0.2) is 10.7 Å². The second-order valence-electron chi connectivity index (χ2n) is 3.52. The van der Waals surface area contributed by atoms with E-state index in [4.69, 9.17) is 0 Å². The third-order valence-electron chi connectivity index (χ3n) is 2.30. The fourth-order valence-corrected chi connectivity index (χ4v) is 2.03. The molecule has 1 heterocycles. The zero-order valence-electron chi connectivity index (χ0n) is 9.28. The van der Waals surface area contributed by atoms with E-state index in [0.29, 0.717) is 4.88 Å². The highest BCUT2D eigenvalue weighted by Gasteiger charge is 2.04. The maximum atomic E-state index is 11.7. The number of carbonyl (C=O) groups excluding carboxylic acids is 1. The molecule has 2 aromatic rings. The van der Waals surface area contributed by atoms with Gasteiger partial charge in [-0.15, -0.1) is 11.3 Å². The molecule has 0 saturated heterocycles. The van der Waals surface area contributed by atoms with Gasteiger partial charge >= 0.3 is 0 Å². The van der Waals surface area contributed by atoms with E-state index in [0.717, 1.165) is 5.56 Å². The molecule has 2 rings (SSSR count). The van der Waals surface area contributed by atoms with Crippen molar-refractivity contribution in [2.45, 2.75) is 0 Å². The minimum atomic E-state index is -0.454. The first-order chi connectivity index (χ1) is 8.66. The summed E-state index contributed by atoms with van der Waals surface area (Å²) in [6.45, 7) is 0. The molecule has 90 valence electrons. The van der Waals surface area contributed by atoms with Gasteiger partial charge in [-0.2, -0.15) is 0 Å². The van der Waals surface area contributed by atoms with E-state index >= 15 is 0 Å². The number of ketones is 1. The van der Waals surface area contributed by atoms with Gasteiger partial charge in [0.1, 0.15) is 0 Å². The second-order valence-corrected chi connectivity index (χ2v) is 4.47. The Balaban J connectivity index is 2.09. The number of benzene rings is 1. The van der Waals surface area contributed by atoms with Crippen LogP contribution in [-0.2, 0) is 0 Å². The molecule has 5 heteroatoms. The highest BCUT2D eigenvalue weighted by atomic mass is 32.1. The number of hydrogen-bond acceptors (Lipinski definition) is 4. The van der Waals surface area contributed by atoms with Gasteiger partial charge in [-0.3, -0.25) is 14.9 Å². The van der Waals surface area contributed by atoms with Crippen LogP contribution in [0.1, 0.15) is 15.2 Å². The number of thiophene rings is 1. The van der Waals surface area contributed by atoms with Crippen LogP contribution in [0.4, 0.5) is 5.69 Å². The minimum Gasteiger partial charge on any atom is -0.288 e. The summed E-state index contributed by atoms with van der Waals surface area (Å²) in [6.07, 6.45) is 3.11. The van der Waals surface area contributed by atoms with Crippen molar-refractivity contribution in [2.75, 3.05) is 0 Å². The van der Waals surface area contributed by atoms with Gasteiger partial charge in [0, 0.05) is 12.1 Å². The van der Waals surface area contributed by atoms with E-state index < -0.39 is 4.92 Å². The fraction of sp³-hybridized carbons (Fsp3) is 0. The summed E-state index contributed by atoms with van der Waals surface area (Å²) in [5, 5.41) is 12.3. The molecule has 0 atom stereocenters. The molecule has 0 spiro atoms. The van der Waals surface area contributed by atoms with Crippen LogP contribution in [0.25, 0.3) is 6.08 Å². The monoisotopic (exact) mass is 259 g/mol. The SMILES string of the molecule is O=C(C=Cc1ccc([N+](=O)[O-])cc1)c1cccs1. The lowest BCUT2D eigenvalue weighted by Gasteiger charge is -1.93. The second kappa shape index (κ2) is 5.37. The summed E-state index contributed by atoms with van der Waals surface area (Å²) in [5.74, 6) is -0.0663. The molecular weight excluding hydrogens is 250 g/mol. The zero-order valence-corrected chi connectivity index (χ0v) is 10.1. The van der Waals surface area contributed by atoms with Crippen molar-refractivity contribution >= 4 is 28.9 Å². The van der Waals surface area contributed by atoms with Gasteiger partial charge in [0.15, 0.2) is 5.78 Å². The molecule has 1 aromatic heterocycles. The van der Waals surface area contributed by atoms with Gasteiger partial charge in [-0.25, -0.2) is 0 Å². The largest absolute Gasteiger partial charge is 0.288 e. The summed E-state index contributed by atoms with van der Waals surface area (Å²) in [6, 6.07) is 9.61. The van der Waals surface area contributed by atoms with Gasteiger partial charge in [0.25, 0.3) is 5.69 Å². The first-order valence-electron chi connectivity index (χ1n) is 5.17. The lowest BCUT2D eigenvalue weighted by atomic mass is 10.1. The fourth-order valence-electron chi connectivity index (χ4n) is 1.38. The van der Waals surface area contributed by atoms with Gasteiger partial charge in [0.05, 0.1) is 9.80 Å². The van der Waals surface area contributed by atoms with E-state index in [1.54, 1.807) is 24.3 Å². The number of carbonyl (C=O) groups is 1. The smallest absolute Gasteiger partial charge is 0.269 e. The van der Waals surface area contributed by atoms with Gasteiger partial charge in [0.2, 0.25) is 0 Å². The molecule has 0 saturated carbocycles. The van der Waals surface area contributed by atoms with E-state index in [1.807, 2.05) is 11.4 Å². The Bertz CT molecular complexity index is 585. The standard InChI is InChI=1S/C13H9NO3S/c15-12(13-2-1-9-18-13)8-5-10-3-6-11(7-4-10)14(16)17/h1-9H. The normalized spacial score (nSPS) is 10.7. The summed E-state index contributed by atoms with van der Waals surface area (Å²) >= 11 is 1.38. The molecule has 0 aliphatic heterocycles. The van der Waals surface area contributed by atoms with Crippen LogP contribution in [0, 0.1) is 10.1 Å². The molecule has 0 aliphatic carbocycles. The van der Waals surface area contributed by atoms with Crippen molar-refractivity contribution in [1.29, 1.82) is 0 Å². The maximum absolute atomic E-state index is 11.7. The Morgan fingerprint density at radius 3 is 2.50 bits per heavy atom. The van der Waals surface area contributed by atoms with Crippen molar-refractivity contribution in [1.82, 2.24) is 0 Å². The number of rotatable bonds is 4. The van der Waals surface area contributed by atoms with Crippen molar-refractivity contribution in [3.8, 4) is 0 Å². The Kier molecular flexibility index (Phi) is 3.64. The zero-order chi connectivity index (χ0) is 13.0. The van der Waals surface area contributed by atoms with E-state index in [9.17, 15) is 14.9 Å². The highest BCUT2D eigenvalue weighted by Crippen LogP contribution is 2.14. The number of nitrogens with zero attached hydrogens (tertiary/aromatic N) is 1. The quantitative estimate of drug-likeness (QED) is 0.365. The molecule has 4 nitrogen and oxygen atoms in total. The number of hydrogen-bond donors (Lipinski definition) is 0. The van der Waals surface area contributed by atoms with Gasteiger partial charge < -0.3 is 0 Å². The van der Waals surface area contributed by atoms with Crippen molar-refractivity contribution < 1.29 is 9.72 Å². The maximum Gasteiger partial charge on any atom is 0.269 e. The molecule has 0 unspecified atom stereocenters. The topological polar surface area (TPSA) is 60.2 Å². The van der Waals surface area contributed by atoms with Crippen molar-refractivity contribution in [3.05, 3.63) is 68.4 Å². The first-order valence-corrected chi connectivity index (χ1v) is 6.05. The third-order valence-corrected chi connectivity index (χ3v) is 3.18. The van der Waals surface area contributed by atoms with Crippen LogP contribution in [0.15, 0.2) is 47.9 Å². The number of allylic oxidation sites excluding steroid dienone is 1. The first kappa shape index (κ1) is 12.2. The summed E-state index contributed by atoms with van der Waals surface area (Å²) in [4.78, 5) is 22.4. The van der Waals surface area contributed by atoms with Crippen molar-refractivity contribution in [2.24, 2.45) is 0 Å². The van der Waals surface area contributed by atoms with Gasteiger partial charge in [-0.05, 0) is 35.2 Å². The molecule has 0 N–H and O–H groups in total. The lowest BCUT2D eigenvalue weighted by Crippen LogP contribution is -1.89. The Morgan fingerprint density at radius 2 is 1.94 bits per heavy atom. The minimum absolute atomic E-state index is 0.0386. The molecular formula is C13H9NO3S. The molecule has 0 amide bonds. The molecule has 18 heavy (non-hydrogen) atoms. The van der Waals surface area contributed by atoms with Crippen LogP contribution in [0.3, 0.4) is 0 Å². The van der Waals surface area contributed by atoms with Crippen LogP contribution < -0.4 is 0 Å². The van der Waals surface area contributed by atoms with E-state index in [2.05, 4.69) is 0 Å². The van der Waals surface area contributed by atoms with Crippen LogP contribution in [0.2, 0.25) is 0 Å². The van der Waals surface area contributed by atoms with E-state index in [1.165, 1.54) is 29.5 Å². The number of nitro groups is 1. The lowest BCUT2D eigenvalue weighted by molar-refractivity contribution is -0.384. The summed E-state index contributed by atoms with van der Waals surface area (Å²) in [5.41, 5.74) is 0.794. The molecule has 0 bridgehead atoms. The van der Waals surface area contributed by atoms with Crippen molar-refractivity contribution in [3.63, 3.8) is 0 Å². The predicted octanol–water partition coefficient (Wildman–Crippen LogP) is 3.55. The summed E-state index contributed by atoms with van der Waals surface area (Å²) < 4.78 is 0. The predicted molar refractivity (Wildman–Crippen MR) is 70.8 cm³/mol. The average Bonchev–Trinajstić information content (AvgIpc) is 2.90. The Morgan fingerprint density at radius 1 is 1.22 bits per heavy atom. The molecule has 0 fully saturated rings. The van der Waals surface area contributed by atoms with Gasteiger partial charge in [-0.1, -0.05) is 12.1 Å². The molecule has 0 radical (unpaired) electrons. The Hall–Kier alpha value is -2.27. The van der Waals surface area contributed by atoms with Crippen LogP contribution in [0.5, 0.6) is 0 Å². The van der Waals surface area contributed by atoms with Crippen LogP contribution >= 0.6 is 11.3 Å². The number of nitro benzene ring substituents is 1.